The highest BCUT2D eigenvalue weighted by Crippen LogP contribution is 1.97. The molecule has 3 N–H and O–H groups in total. The van der Waals surface area contributed by atoms with Gasteiger partial charge in [-0.05, 0) is 0 Å². The first kappa shape index (κ1) is 9.78. The largest absolute Gasteiger partial charge is 0.325 e. The Balaban J connectivity index is 2.07. The molecule has 80 valence electrons. The summed E-state index contributed by atoms with van der Waals surface area (Å²) in [6.45, 7) is 2.95. The number of rotatable bonds is 4. The van der Waals surface area contributed by atoms with E-state index in [1.165, 1.54) is 0 Å². The average Bonchev–Trinajstić information content (AvgIpc) is 2.87. The molecule has 0 saturated carbocycles. The Morgan fingerprint density at radius 3 is 3.00 bits per heavy atom. The Hall–Kier alpha value is -1.76. The Morgan fingerprint density at radius 1 is 1.53 bits per heavy atom. The third-order valence-corrected chi connectivity index (χ3v) is 2.00. The van der Waals surface area contributed by atoms with Crippen molar-refractivity contribution >= 4 is 0 Å². The van der Waals surface area contributed by atoms with Crippen LogP contribution in [0.1, 0.15) is 24.3 Å². The molecule has 15 heavy (non-hydrogen) atoms. The molecule has 0 aliphatic carbocycles. The molecule has 7 nitrogen and oxygen atoms in total. The Labute approximate surface area is 86.7 Å². The SMILES string of the molecule is CCc1n[nH]c(Cn2cc(CN)nn2)n1. The number of hydrogen-bond acceptors (Lipinski definition) is 5. The summed E-state index contributed by atoms with van der Waals surface area (Å²) in [6, 6.07) is 0. The van der Waals surface area contributed by atoms with Gasteiger partial charge in [0.1, 0.15) is 12.4 Å². The van der Waals surface area contributed by atoms with E-state index in [2.05, 4.69) is 25.5 Å². The predicted molar refractivity (Wildman–Crippen MR) is 52.8 cm³/mol. The van der Waals surface area contributed by atoms with Gasteiger partial charge in [0.05, 0.1) is 11.9 Å². The fourth-order valence-electron chi connectivity index (χ4n) is 1.23. The van der Waals surface area contributed by atoms with Crippen LogP contribution in [0.25, 0.3) is 0 Å². The molecule has 2 aromatic heterocycles. The Kier molecular flexibility index (Phi) is 2.72. The first-order valence-corrected chi connectivity index (χ1v) is 4.81. The molecule has 0 aliphatic heterocycles. The first-order valence-electron chi connectivity index (χ1n) is 4.81. The average molecular weight is 207 g/mol. The van der Waals surface area contributed by atoms with E-state index in [1.807, 2.05) is 6.92 Å². The Morgan fingerprint density at radius 2 is 2.40 bits per heavy atom. The standard InChI is InChI=1S/C8H13N7/c1-2-7-10-8(13-12-7)5-15-4-6(3-9)11-14-15/h4H,2-3,5,9H2,1H3,(H,10,12,13). The van der Waals surface area contributed by atoms with Crippen molar-refractivity contribution in [2.75, 3.05) is 0 Å². The fraction of sp³-hybridized carbons (Fsp3) is 0.500. The van der Waals surface area contributed by atoms with Crippen molar-refractivity contribution in [3.05, 3.63) is 23.5 Å². The third kappa shape index (κ3) is 2.18. The molecule has 0 unspecified atom stereocenters. The van der Waals surface area contributed by atoms with E-state index in [9.17, 15) is 0 Å². The minimum atomic E-state index is 0.399. The summed E-state index contributed by atoms with van der Waals surface area (Å²) in [6.07, 6.45) is 2.62. The lowest BCUT2D eigenvalue weighted by molar-refractivity contribution is 0.626. The summed E-state index contributed by atoms with van der Waals surface area (Å²) in [4.78, 5) is 4.27. The molecule has 0 saturated heterocycles. The molecule has 2 rings (SSSR count). The zero-order chi connectivity index (χ0) is 10.7. The second-order valence-corrected chi connectivity index (χ2v) is 3.16. The van der Waals surface area contributed by atoms with Crippen LogP contribution in [0, 0.1) is 0 Å². The van der Waals surface area contributed by atoms with Crippen LogP contribution in [0.5, 0.6) is 0 Å². The van der Waals surface area contributed by atoms with Gasteiger partial charge in [0.25, 0.3) is 0 Å². The van der Waals surface area contributed by atoms with Crippen LogP contribution >= 0.6 is 0 Å². The van der Waals surface area contributed by atoms with Gasteiger partial charge in [0.2, 0.25) is 0 Å². The second-order valence-electron chi connectivity index (χ2n) is 3.16. The minimum absolute atomic E-state index is 0.399. The number of nitrogens with one attached hydrogen (secondary N) is 1. The molecule has 0 atom stereocenters. The van der Waals surface area contributed by atoms with Gasteiger partial charge in [0.15, 0.2) is 5.82 Å². The van der Waals surface area contributed by atoms with Crippen LogP contribution in [0.4, 0.5) is 0 Å². The van der Waals surface area contributed by atoms with Gasteiger partial charge in [-0.2, -0.15) is 5.10 Å². The molecule has 0 aliphatic rings. The normalized spacial score (nSPS) is 10.8. The van der Waals surface area contributed by atoms with E-state index in [4.69, 9.17) is 5.73 Å². The topological polar surface area (TPSA) is 98.3 Å². The van der Waals surface area contributed by atoms with E-state index >= 15 is 0 Å². The van der Waals surface area contributed by atoms with Gasteiger partial charge in [-0.15, -0.1) is 5.10 Å². The van der Waals surface area contributed by atoms with Crippen LogP contribution in [0.2, 0.25) is 0 Å². The zero-order valence-corrected chi connectivity index (χ0v) is 8.51. The van der Waals surface area contributed by atoms with Crippen molar-refractivity contribution in [3.8, 4) is 0 Å². The monoisotopic (exact) mass is 207 g/mol. The predicted octanol–water partition coefficient (Wildman–Crippen LogP) is -0.534. The summed E-state index contributed by atoms with van der Waals surface area (Å²) in [5.41, 5.74) is 6.20. The number of aromatic nitrogens is 6. The van der Waals surface area contributed by atoms with Gasteiger partial charge in [-0.25, -0.2) is 9.67 Å². The fourth-order valence-corrected chi connectivity index (χ4v) is 1.23. The van der Waals surface area contributed by atoms with Crippen LogP contribution in [-0.2, 0) is 19.5 Å². The Bertz CT molecular complexity index is 389. The first-order chi connectivity index (χ1) is 7.31. The quantitative estimate of drug-likeness (QED) is 0.702. The van der Waals surface area contributed by atoms with Crippen molar-refractivity contribution in [2.45, 2.75) is 26.4 Å². The third-order valence-electron chi connectivity index (χ3n) is 2.00. The molecule has 7 heteroatoms. The highest BCUT2D eigenvalue weighted by molar-refractivity contribution is 4.94. The van der Waals surface area contributed by atoms with Crippen molar-refractivity contribution in [1.29, 1.82) is 0 Å². The lowest BCUT2D eigenvalue weighted by Crippen LogP contribution is -2.02. The molecule has 2 heterocycles. The van der Waals surface area contributed by atoms with Crippen molar-refractivity contribution in [3.63, 3.8) is 0 Å². The maximum atomic E-state index is 5.43. The van der Waals surface area contributed by atoms with Crippen LogP contribution in [0.15, 0.2) is 6.20 Å². The lowest BCUT2D eigenvalue weighted by atomic mass is 10.5. The summed E-state index contributed by atoms with van der Waals surface area (Å²) in [7, 11) is 0. The number of aromatic amines is 1. The van der Waals surface area contributed by atoms with Crippen molar-refractivity contribution in [1.82, 2.24) is 30.2 Å². The van der Waals surface area contributed by atoms with E-state index in [-0.39, 0.29) is 0 Å². The smallest absolute Gasteiger partial charge is 0.150 e. The van der Waals surface area contributed by atoms with E-state index in [1.54, 1.807) is 10.9 Å². The molecule has 0 fully saturated rings. The second kappa shape index (κ2) is 4.18. The molecule has 2 aromatic rings. The van der Waals surface area contributed by atoms with E-state index < -0.39 is 0 Å². The summed E-state index contributed by atoms with van der Waals surface area (Å²) >= 11 is 0. The number of nitrogens with two attached hydrogens (primary N) is 1. The summed E-state index contributed by atoms with van der Waals surface area (Å²) in [5, 5.41) is 14.7. The van der Waals surface area contributed by atoms with Crippen molar-refractivity contribution < 1.29 is 0 Å². The maximum absolute atomic E-state index is 5.43. The minimum Gasteiger partial charge on any atom is -0.325 e. The van der Waals surface area contributed by atoms with Gasteiger partial charge in [0, 0.05) is 13.0 Å². The number of aryl methyl sites for hydroxylation is 1. The summed E-state index contributed by atoms with van der Waals surface area (Å²) in [5.74, 6) is 1.59. The molecule has 0 spiro atoms. The van der Waals surface area contributed by atoms with E-state index in [0.717, 1.165) is 23.8 Å². The van der Waals surface area contributed by atoms with Crippen molar-refractivity contribution in [2.24, 2.45) is 5.73 Å². The molecule has 0 aromatic carbocycles. The highest BCUT2D eigenvalue weighted by atomic mass is 15.4. The van der Waals surface area contributed by atoms with Gasteiger partial charge in [-0.1, -0.05) is 12.1 Å². The maximum Gasteiger partial charge on any atom is 0.150 e. The van der Waals surface area contributed by atoms with Gasteiger partial charge < -0.3 is 5.73 Å². The highest BCUT2D eigenvalue weighted by Gasteiger charge is 2.04. The van der Waals surface area contributed by atoms with Crippen LogP contribution < -0.4 is 5.73 Å². The number of nitrogens with zero attached hydrogens (tertiary/aromatic N) is 5. The molecular formula is C8H13N7. The molecule has 0 radical (unpaired) electrons. The van der Waals surface area contributed by atoms with E-state index in [0.29, 0.717) is 13.1 Å². The summed E-state index contributed by atoms with van der Waals surface area (Å²) < 4.78 is 1.68. The molecule has 0 amide bonds. The lowest BCUT2D eigenvalue weighted by Gasteiger charge is -1.93. The van der Waals surface area contributed by atoms with Crippen LogP contribution in [0.3, 0.4) is 0 Å². The zero-order valence-electron chi connectivity index (χ0n) is 8.51. The molecular weight excluding hydrogens is 194 g/mol. The van der Waals surface area contributed by atoms with Crippen LogP contribution in [-0.4, -0.2) is 30.2 Å². The van der Waals surface area contributed by atoms with Gasteiger partial charge in [-0.3, -0.25) is 5.10 Å². The number of H-pyrrole nitrogens is 1. The number of hydrogen-bond donors (Lipinski definition) is 2. The molecule has 0 bridgehead atoms. The van der Waals surface area contributed by atoms with Gasteiger partial charge >= 0.3 is 0 Å².